The van der Waals surface area contributed by atoms with Crippen molar-refractivity contribution >= 4 is 62.7 Å². The van der Waals surface area contributed by atoms with Crippen molar-refractivity contribution in [3.8, 4) is 0 Å². The van der Waals surface area contributed by atoms with Crippen LogP contribution in [0.3, 0.4) is 0 Å². The van der Waals surface area contributed by atoms with Crippen LogP contribution in [0.2, 0.25) is 0 Å². The molecule has 0 radical (unpaired) electrons. The van der Waals surface area contributed by atoms with Crippen molar-refractivity contribution in [2.75, 3.05) is 11.9 Å². The molecule has 9 heteroatoms. The number of carbonyl (C=O) groups is 2. The van der Waals surface area contributed by atoms with Gasteiger partial charge in [0.2, 0.25) is 0 Å². The van der Waals surface area contributed by atoms with Gasteiger partial charge in [-0.05, 0) is 17.2 Å². The molecular weight excluding hydrogens is 450 g/mol. The molecule has 1 amide bonds. The summed E-state index contributed by atoms with van der Waals surface area (Å²) in [5.74, 6) is -1.52. The number of anilines is 1. The molecule has 0 aliphatic carbocycles. The van der Waals surface area contributed by atoms with Crippen LogP contribution in [-0.2, 0) is 9.59 Å². The molecule has 4 rings (SSSR count). The van der Waals surface area contributed by atoms with Crippen LogP contribution in [0.15, 0.2) is 70.9 Å². The Bertz CT molecular complexity index is 1110. The second kappa shape index (κ2) is 9.42. The molecular formula is C22H17N3O3S3. The normalized spacial score (nSPS) is 15.1. The Morgan fingerprint density at radius 3 is 2.32 bits per heavy atom. The Morgan fingerprint density at radius 1 is 1.13 bits per heavy atom. The molecule has 31 heavy (non-hydrogen) atoms. The lowest BCUT2D eigenvalue weighted by atomic mass is 9.99. The number of rotatable bonds is 7. The van der Waals surface area contributed by atoms with Crippen molar-refractivity contribution in [2.24, 2.45) is 0 Å². The summed E-state index contributed by atoms with van der Waals surface area (Å²) in [7, 11) is 0. The molecule has 1 fully saturated rings. The van der Waals surface area contributed by atoms with Crippen molar-refractivity contribution in [2.45, 2.75) is 6.04 Å². The third kappa shape index (κ3) is 5.01. The van der Waals surface area contributed by atoms with E-state index in [1.807, 2.05) is 41.8 Å². The van der Waals surface area contributed by atoms with E-state index in [1.165, 1.54) is 11.3 Å². The van der Waals surface area contributed by atoms with Gasteiger partial charge in [0.1, 0.15) is 10.9 Å². The number of aliphatic carboxylic acids is 1. The van der Waals surface area contributed by atoms with Gasteiger partial charge in [0.25, 0.3) is 5.91 Å². The van der Waals surface area contributed by atoms with Crippen LogP contribution in [0, 0.1) is 0 Å². The van der Waals surface area contributed by atoms with Crippen LogP contribution < -0.4 is 5.32 Å². The zero-order chi connectivity index (χ0) is 21.8. The van der Waals surface area contributed by atoms with Gasteiger partial charge in [0.15, 0.2) is 5.13 Å². The minimum absolute atomic E-state index is 0.0739. The lowest BCUT2D eigenvalue weighted by molar-refractivity contribution is -0.140. The summed E-state index contributed by atoms with van der Waals surface area (Å²) < 4.78 is 0.237. The van der Waals surface area contributed by atoms with E-state index in [4.69, 9.17) is 17.3 Å². The quantitative estimate of drug-likeness (QED) is 0.387. The van der Waals surface area contributed by atoms with Crippen LogP contribution in [0.4, 0.5) is 5.13 Å². The fourth-order valence-corrected chi connectivity index (χ4v) is 5.04. The number of thiazole rings is 1. The molecule has 2 aromatic carbocycles. The van der Waals surface area contributed by atoms with Gasteiger partial charge in [-0.25, -0.2) is 4.98 Å². The first-order chi connectivity index (χ1) is 15.0. The smallest absolute Gasteiger partial charge is 0.323 e. The number of aromatic nitrogens is 1. The summed E-state index contributed by atoms with van der Waals surface area (Å²) in [6.45, 7) is -0.443. The van der Waals surface area contributed by atoms with E-state index in [0.717, 1.165) is 27.8 Å². The van der Waals surface area contributed by atoms with Crippen LogP contribution >= 0.6 is 35.3 Å². The Labute approximate surface area is 192 Å². The Hall–Kier alpha value is -3.01. The molecule has 0 spiro atoms. The fourth-order valence-electron chi connectivity index (χ4n) is 3.10. The molecule has 0 unspecified atom stereocenters. The lowest BCUT2D eigenvalue weighted by Crippen LogP contribution is -2.33. The Kier molecular flexibility index (Phi) is 6.45. The largest absolute Gasteiger partial charge is 0.480 e. The monoisotopic (exact) mass is 467 g/mol. The van der Waals surface area contributed by atoms with Crippen molar-refractivity contribution in [1.82, 2.24) is 9.88 Å². The second-order valence-electron chi connectivity index (χ2n) is 6.64. The van der Waals surface area contributed by atoms with Crippen molar-refractivity contribution in [3.63, 3.8) is 0 Å². The first-order valence-corrected chi connectivity index (χ1v) is 11.4. The van der Waals surface area contributed by atoms with Gasteiger partial charge in [0, 0.05) is 5.38 Å². The Balaban J connectivity index is 1.55. The first-order valence-electron chi connectivity index (χ1n) is 9.30. The molecule has 1 aromatic heterocycles. The lowest BCUT2D eigenvalue weighted by Gasteiger charge is -2.19. The summed E-state index contributed by atoms with van der Waals surface area (Å²) in [5.41, 5.74) is 2.84. The van der Waals surface area contributed by atoms with E-state index in [2.05, 4.69) is 34.6 Å². The molecule has 0 saturated carbocycles. The molecule has 2 N–H and O–H groups in total. The maximum Gasteiger partial charge on any atom is 0.323 e. The van der Waals surface area contributed by atoms with Gasteiger partial charge < -0.3 is 10.4 Å². The minimum Gasteiger partial charge on any atom is -0.480 e. The zero-order valence-electron chi connectivity index (χ0n) is 16.1. The number of carbonyl (C=O) groups excluding carboxylic acids is 1. The van der Waals surface area contributed by atoms with E-state index >= 15 is 0 Å². The van der Waals surface area contributed by atoms with Crippen molar-refractivity contribution < 1.29 is 14.7 Å². The standard InChI is InChI=1S/C22H17N3O3S3/c26-18(27)12-25-20(28)17(31-22(25)29)11-16-13-30-21(23-16)24-19(14-7-3-1-4-8-14)15-9-5-2-6-10-15/h1-11,13,19H,12H2,(H,23,24)(H,26,27)/b17-11-. The van der Waals surface area contributed by atoms with E-state index in [9.17, 15) is 9.59 Å². The number of nitrogens with zero attached hydrogens (tertiary/aromatic N) is 2. The third-order valence-corrected chi connectivity index (χ3v) is 6.67. The maximum absolute atomic E-state index is 12.5. The van der Waals surface area contributed by atoms with Gasteiger partial charge in [-0.2, -0.15) is 0 Å². The number of hydrogen-bond donors (Lipinski definition) is 2. The van der Waals surface area contributed by atoms with Gasteiger partial charge in [0.05, 0.1) is 16.6 Å². The molecule has 3 aromatic rings. The molecule has 2 heterocycles. The number of thiocarbonyl (C=S) groups is 1. The van der Waals surface area contributed by atoms with Gasteiger partial charge in [-0.15, -0.1) is 11.3 Å². The summed E-state index contributed by atoms with van der Waals surface area (Å²) in [4.78, 5) is 29.5. The van der Waals surface area contributed by atoms with E-state index in [1.54, 1.807) is 6.08 Å². The fraction of sp³-hybridized carbons (Fsp3) is 0.0909. The van der Waals surface area contributed by atoms with E-state index < -0.39 is 18.4 Å². The van der Waals surface area contributed by atoms with Crippen LogP contribution in [-0.4, -0.2) is 37.7 Å². The predicted molar refractivity (Wildman–Crippen MR) is 128 cm³/mol. The van der Waals surface area contributed by atoms with Gasteiger partial charge in [-0.3, -0.25) is 14.5 Å². The molecule has 156 valence electrons. The number of thioether (sulfide) groups is 1. The molecule has 1 saturated heterocycles. The highest BCUT2D eigenvalue weighted by Gasteiger charge is 2.33. The summed E-state index contributed by atoms with van der Waals surface area (Å²) >= 11 is 7.65. The molecule has 0 atom stereocenters. The molecule has 0 bridgehead atoms. The van der Waals surface area contributed by atoms with Crippen molar-refractivity contribution in [3.05, 3.63) is 87.8 Å². The number of amides is 1. The van der Waals surface area contributed by atoms with Crippen LogP contribution in [0.1, 0.15) is 22.9 Å². The SMILES string of the molecule is O=C(O)CN1C(=O)/C(=C/c2csc(NC(c3ccccc3)c3ccccc3)n2)SC1=S. The second-order valence-corrected chi connectivity index (χ2v) is 9.17. The highest BCUT2D eigenvalue weighted by Crippen LogP contribution is 2.34. The third-order valence-electron chi connectivity index (χ3n) is 4.50. The van der Waals surface area contributed by atoms with Gasteiger partial charge in [-0.1, -0.05) is 84.6 Å². The topological polar surface area (TPSA) is 82.5 Å². The highest BCUT2D eigenvalue weighted by atomic mass is 32.2. The molecule has 1 aliphatic rings. The number of nitrogens with one attached hydrogen (secondary N) is 1. The average Bonchev–Trinajstić information content (AvgIpc) is 3.32. The number of hydrogen-bond acceptors (Lipinski definition) is 7. The Morgan fingerprint density at radius 2 is 1.74 bits per heavy atom. The van der Waals surface area contributed by atoms with Crippen LogP contribution in [0.25, 0.3) is 6.08 Å². The first kappa shape index (κ1) is 21.2. The zero-order valence-corrected chi connectivity index (χ0v) is 18.5. The van der Waals surface area contributed by atoms with Crippen molar-refractivity contribution in [1.29, 1.82) is 0 Å². The van der Waals surface area contributed by atoms with Crippen LogP contribution in [0.5, 0.6) is 0 Å². The minimum atomic E-state index is -1.11. The van der Waals surface area contributed by atoms with E-state index in [0.29, 0.717) is 15.7 Å². The number of carboxylic acid groups (broad SMARTS) is 1. The molecule has 1 aliphatic heterocycles. The summed E-state index contributed by atoms with van der Waals surface area (Å²) in [5, 5.41) is 15.0. The summed E-state index contributed by atoms with van der Waals surface area (Å²) in [6.07, 6.45) is 1.64. The average molecular weight is 468 g/mol. The number of carboxylic acids is 1. The summed E-state index contributed by atoms with van der Waals surface area (Å²) in [6, 6.07) is 20.1. The number of benzene rings is 2. The van der Waals surface area contributed by atoms with Gasteiger partial charge >= 0.3 is 5.97 Å². The highest BCUT2D eigenvalue weighted by molar-refractivity contribution is 8.26. The molecule has 6 nitrogen and oxygen atoms in total. The predicted octanol–water partition coefficient (Wildman–Crippen LogP) is 4.63. The maximum atomic E-state index is 12.5. The van der Waals surface area contributed by atoms with E-state index in [-0.39, 0.29) is 10.4 Å².